The van der Waals surface area contributed by atoms with Gasteiger partial charge in [0, 0.05) is 36.7 Å². The van der Waals surface area contributed by atoms with Gasteiger partial charge in [0.05, 0.1) is 0 Å². The molecule has 0 unspecified atom stereocenters. The number of hydrogen-bond acceptors (Lipinski definition) is 8. The van der Waals surface area contributed by atoms with E-state index in [2.05, 4.69) is 16.0 Å². The van der Waals surface area contributed by atoms with Gasteiger partial charge in [-0.05, 0) is 36.1 Å². The second-order valence-electron chi connectivity index (χ2n) is 9.82. The number of allylic oxidation sites excluding steroid dienone is 1. The number of hydrogen-bond donors (Lipinski definition) is 3. The second kappa shape index (κ2) is 15.1. The zero-order valence-electron chi connectivity index (χ0n) is 21.9. The van der Waals surface area contributed by atoms with Crippen LogP contribution in [-0.2, 0) is 35.1 Å². The molecule has 0 spiro atoms. The van der Waals surface area contributed by atoms with Gasteiger partial charge in [0.15, 0.2) is 0 Å². The number of carbonyl (C=O) groups excluding carboxylic acids is 5. The summed E-state index contributed by atoms with van der Waals surface area (Å²) >= 11 is 0. The molecule has 2 heterocycles. The number of halogens is 1. The highest BCUT2D eigenvalue weighted by Gasteiger charge is 2.32. The standard InChI is InChI=1S/C27H34FN3O6S2/c1-16(2)21-13-19(32)12-20-5-3-4-10-38-39-15-23(31-25(21)34)27(36)30-22(26(35)29-14-24(33)37-20)11-17-6-8-18(28)9-7-17/h3,5-9,16,20-23H,4,10-15H2,1-2H3,(H,29,35)(H,30,36)(H,31,34)/b5-3+/t20-,21-,22-,23-/m1/s1. The lowest BCUT2D eigenvalue weighted by atomic mass is 9.88. The van der Waals surface area contributed by atoms with Crippen LogP contribution in [0.2, 0.25) is 0 Å². The highest BCUT2D eigenvalue weighted by atomic mass is 33.1. The maximum atomic E-state index is 13.4. The Kier molecular flexibility index (Phi) is 11.9. The third-order valence-electron chi connectivity index (χ3n) is 6.36. The molecule has 3 N–H and O–H groups in total. The largest absolute Gasteiger partial charge is 0.456 e. The summed E-state index contributed by atoms with van der Waals surface area (Å²) in [5.41, 5.74) is 0.592. The van der Waals surface area contributed by atoms with Gasteiger partial charge in [-0.3, -0.25) is 24.0 Å². The monoisotopic (exact) mass is 579 g/mol. The summed E-state index contributed by atoms with van der Waals surface area (Å²) in [6, 6.07) is 3.44. The van der Waals surface area contributed by atoms with Crippen LogP contribution in [0.1, 0.15) is 38.7 Å². The topological polar surface area (TPSA) is 131 Å². The predicted molar refractivity (Wildman–Crippen MR) is 148 cm³/mol. The molecule has 2 aliphatic heterocycles. The Balaban J connectivity index is 1.96. The number of benzene rings is 1. The van der Waals surface area contributed by atoms with E-state index in [-0.39, 0.29) is 36.7 Å². The number of nitrogens with one attached hydrogen (secondary N) is 3. The van der Waals surface area contributed by atoms with E-state index in [1.807, 2.05) is 19.9 Å². The van der Waals surface area contributed by atoms with Crippen LogP contribution in [-0.4, -0.2) is 65.7 Å². The first-order chi connectivity index (χ1) is 18.6. The van der Waals surface area contributed by atoms with E-state index in [4.69, 9.17) is 4.74 Å². The Hall–Kier alpha value is -2.86. The number of fused-ring (bicyclic) bond motifs is 7. The van der Waals surface area contributed by atoms with Crippen LogP contribution in [0.5, 0.6) is 0 Å². The molecule has 9 nitrogen and oxygen atoms in total. The molecular weight excluding hydrogens is 545 g/mol. The molecule has 3 rings (SSSR count). The first-order valence-electron chi connectivity index (χ1n) is 12.9. The number of amides is 3. The molecule has 39 heavy (non-hydrogen) atoms. The van der Waals surface area contributed by atoms with E-state index in [1.54, 1.807) is 6.08 Å². The molecule has 2 aliphatic rings. The van der Waals surface area contributed by atoms with Crippen LogP contribution in [0.25, 0.3) is 0 Å². The number of esters is 1. The van der Waals surface area contributed by atoms with E-state index >= 15 is 0 Å². The summed E-state index contributed by atoms with van der Waals surface area (Å²) in [7, 11) is 2.93. The van der Waals surface area contributed by atoms with Gasteiger partial charge in [0.2, 0.25) is 17.7 Å². The van der Waals surface area contributed by atoms with Crippen molar-refractivity contribution < 1.29 is 33.1 Å². The van der Waals surface area contributed by atoms with Crippen molar-refractivity contribution >= 4 is 51.1 Å². The molecular formula is C27H34FN3O6S2. The van der Waals surface area contributed by atoms with Gasteiger partial charge in [-0.2, -0.15) is 0 Å². The molecule has 0 aromatic heterocycles. The highest BCUT2D eigenvalue weighted by molar-refractivity contribution is 8.76. The lowest BCUT2D eigenvalue weighted by Crippen LogP contribution is -2.56. The fourth-order valence-corrected chi connectivity index (χ4v) is 6.32. The third-order valence-corrected chi connectivity index (χ3v) is 8.81. The Labute approximate surface area is 235 Å². The van der Waals surface area contributed by atoms with E-state index in [0.717, 1.165) is 0 Å². The van der Waals surface area contributed by atoms with Crippen molar-refractivity contribution in [2.45, 2.75) is 57.7 Å². The molecule has 0 radical (unpaired) electrons. The quantitative estimate of drug-likeness (QED) is 0.283. The van der Waals surface area contributed by atoms with Crippen molar-refractivity contribution in [1.29, 1.82) is 0 Å². The average molecular weight is 580 g/mol. The summed E-state index contributed by atoms with van der Waals surface area (Å²) in [4.78, 5) is 65.3. The van der Waals surface area contributed by atoms with E-state index in [9.17, 15) is 28.4 Å². The minimum atomic E-state index is -1.10. The van der Waals surface area contributed by atoms with Gasteiger partial charge in [-0.15, -0.1) is 0 Å². The minimum Gasteiger partial charge on any atom is -0.456 e. The Bertz CT molecular complexity index is 1080. The SMILES string of the molecule is CC(C)[C@H]1CC(=O)C[C@H]2/C=C/CCSSC[C@@H](NC1=O)C(=O)N[C@H](Cc1ccc(F)cc1)C(=O)NCC(=O)O2. The summed E-state index contributed by atoms with van der Waals surface area (Å²) in [5, 5.41) is 7.98. The van der Waals surface area contributed by atoms with Gasteiger partial charge < -0.3 is 20.7 Å². The van der Waals surface area contributed by atoms with E-state index in [1.165, 1.54) is 45.9 Å². The van der Waals surface area contributed by atoms with Crippen molar-refractivity contribution in [1.82, 2.24) is 16.0 Å². The van der Waals surface area contributed by atoms with Crippen LogP contribution in [0, 0.1) is 17.7 Å². The summed E-state index contributed by atoms with van der Waals surface area (Å²) in [6.45, 7) is 3.18. The molecule has 1 aromatic rings. The lowest BCUT2D eigenvalue weighted by Gasteiger charge is -2.26. The Morgan fingerprint density at radius 2 is 1.72 bits per heavy atom. The Morgan fingerprint density at radius 3 is 2.44 bits per heavy atom. The lowest BCUT2D eigenvalue weighted by molar-refractivity contribution is -0.148. The summed E-state index contributed by atoms with van der Waals surface area (Å²) in [6.07, 6.45) is 3.17. The maximum absolute atomic E-state index is 13.4. The fourth-order valence-electron chi connectivity index (χ4n) is 4.16. The molecule has 1 aromatic carbocycles. The fraction of sp³-hybridized carbons (Fsp3) is 0.519. The molecule has 1 fully saturated rings. The van der Waals surface area contributed by atoms with Crippen LogP contribution in [0.3, 0.4) is 0 Å². The summed E-state index contributed by atoms with van der Waals surface area (Å²) < 4.78 is 18.9. The maximum Gasteiger partial charge on any atom is 0.326 e. The molecule has 12 heteroatoms. The molecule has 2 bridgehead atoms. The van der Waals surface area contributed by atoms with Crippen molar-refractivity contribution in [3.05, 3.63) is 47.8 Å². The smallest absolute Gasteiger partial charge is 0.326 e. The van der Waals surface area contributed by atoms with Crippen LogP contribution < -0.4 is 16.0 Å². The molecule has 3 amide bonds. The van der Waals surface area contributed by atoms with Gasteiger partial charge in [-0.25, -0.2) is 4.39 Å². The normalized spacial score (nSPS) is 27.1. The number of ether oxygens (including phenoxy) is 1. The van der Waals surface area contributed by atoms with E-state index < -0.39 is 60.2 Å². The zero-order valence-corrected chi connectivity index (χ0v) is 23.6. The summed E-state index contributed by atoms with van der Waals surface area (Å²) in [5.74, 6) is -3.04. The van der Waals surface area contributed by atoms with Crippen molar-refractivity contribution in [2.24, 2.45) is 11.8 Å². The Morgan fingerprint density at radius 1 is 0.974 bits per heavy atom. The van der Waals surface area contributed by atoms with Gasteiger partial charge >= 0.3 is 5.97 Å². The molecule has 212 valence electrons. The molecule has 0 aliphatic carbocycles. The predicted octanol–water partition coefficient (Wildman–Crippen LogP) is 2.34. The average Bonchev–Trinajstić information content (AvgIpc) is 2.88. The zero-order chi connectivity index (χ0) is 28.4. The number of carbonyl (C=O) groups is 5. The first-order valence-corrected chi connectivity index (χ1v) is 15.4. The van der Waals surface area contributed by atoms with Gasteiger partial charge in [-0.1, -0.05) is 53.6 Å². The second-order valence-corrected chi connectivity index (χ2v) is 12.4. The van der Waals surface area contributed by atoms with Crippen LogP contribution >= 0.6 is 21.6 Å². The first kappa shape index (κ1) is 30.7. The van der Waals surface area contributed by atoms with Gasteiger partial charge in [0.25, 0.3) is 0 Å². The van der Waals surface area contributed by atoms with Crippen molar-refractivity contribution in [3.63, 3.8) is 0 Å². The molecule has 1 saturated heterocycles. The molecule has 0 saturated carbocycles. The van der Waals surface area contributed by atoms with Crippen molar-refractivity contribution in [3.8, 4) is 0 Å². The highest BCUT2D eigenvalue weighted by Crippen LogP contribution is 2.25. The number of Topliss-reactive ketones (excluding diaryl/α,β-unsaturated/α-hetero) is 1. The van der Waals surface area contributed by atoms with E-state index in [0.29, 0.717) is 17.7 Å². The van der Waals surface area contributed by atoms with Crippen LogP contribution in [0.4, 0.5) is 4.39 Å². The third kappa shape index (κ3) is 9.99. The number of ketones is 1. The minimum absolute atomic E-state index is 0.0317. The van der Waals surface area contributed by atoms with Crippen molar-refractivity contribution in [2.75, 3.05) is 18.1 Å². The number of rotatable bonds is 3. The van der Waals surface area contributed by atoms with Crippen LogP contribution in [0.15, 0.2) is 36.4 Å². The van der Waals surface area contributed by atoms with Gasteiger partial charge in [0.1, 0.15) is 36.3 Å². The molecule has 4 atom stereocenters.